The van der Waals surface area contributed by atoms with Crippen LogP contribution in [0.2, 0.25) is 0 Å². The highest BCUT2D eigenvalue weighted by atomic mass is 32.2. The standard InChI is InChI=1S/C37H38N2O5S/c1-24-25(2)39(23-27-11-15-28(16-12-27)31-9-7-8-10-32(31)36(41)44-37(3,4)5)34-20-17-29(21-33(24)34)35(40)38-22-26-13-18-30(19-14-26)45(6,42)43/h7-21H,22-23H2,1-6H3,(H,38,40). The second-order valence-electron chi connectivity index (χ2n) is 12.4. The fourth-order valence-electron chi connectivity index (χ4n) is 5.35. The van der Waals surface area contributed by atoms with E-state index in [0.29, 0.717) is 17.7 Å². The van der Waals surface area contributed by atoms with E-state index in [1.54, 1.807) is 30.3 Å². The highest BCUT2D eigenvalue weighted by Gasteiger charge is 2.21. The fourth-order valence-corrected chi connectivity index (χ4v) is 5.98. The van der Waals surface area contributed by atoms with E-state index in [0.717, 1.165) is 44.4 Å². The van der Waals surface area contributed by atoms with E-state index in [4.69, 9.17) is 4.74 Å². The average Bonchev–Trinajstić information content (AvgIpc) is 3.23. The lowest BCUT2D eigenvalue weighted by Gasteiger charge is -2.20. The van der Waals surface area contributed by atoms with Crippen molar-refractivity contribution >= 4 is 32.6 Å². The number of carbonyl (C=O) groups excluding carboxylic acids is 2. The second-order valence-corrected chi connectivity index (χ2v) is 14.4. The number of aromatic nitrogens is 1. The summed E-state index contributed by atoms with van der Waals surface area (Å²) in [7, 11) is -3.27. The number of esters is 1. The third kappa shape index (κ3) is 7.18. The number of carbonyl (C=O) groups is 2. The first kappa shape index (κ1) is 31.7. The maximum absolute atomic E-state index is 13.0. The van der Waals surface area contributed by atoms with E-state index >= 15 is 0 Å². The summed E-state index contributed by atoms with van der Waals surface area (Å²) in [5.74, 6) is -0.542. The maximum Gasteiger partial charge on any atom is 0.339 e. The molecular weight excluding hydrogens is 584 g/mol. The van der Waals surface area contributed by atoms with Crippen molar-refractivity contribution in [2.24, 2.45) is 0 Å². The van der Waals surface area contributed by atoms with Gasteiger partial charge in [0.05, 0.1) is 10.5 Å². The van der Waals surface area contributed by atoms with E-state index in [-0.39, 0.29) is 23.3 Å². The number of benzene rings is 4. The van der Waals surface area contributed by atoms with E-state index in [1.165, 1.54) is 6.26 Å². The number of sulfone groups is 1. The Balaban J connectivity index is 1.33. The SMILES string of the molecule is Cc1c(C)n(Cc2ccc(-c3ccccc3C(=O)OC(C)(C)C)cc2)c2ccc(C(=O)NCc3ccc(S(C)(=O)=O)cc3)cc12. The van der Waals surface area contributed by atoms with Gasteiger partial charge in [-0.25, -0.2) is 13.2 Å². The summed E-state index contributed by atoms with van der Waals surface area (Å²) in [5, 5.41) is 3.95. The summed E-state index contributed by atoms with van der Waals surface area (Å²) < 4.78 is 31.3. The Morgan fingerprint density at radius 2 is 1.49 bits per heavy atom. The van der Waals surface area contributed by atoms with Gasteiger partial charge in [-0.1, -0.05) is 54.6 Å². The monoisotopic (exact) mass is 622 g/mol. The Hall–Kier alpha value is -4.69. The molecule has 0 aliphatic carbocycles. The van der Waals surface area contributed by atoms with Crippen LogP contribution in [0.5, 0.6) is 0 Å². The van der Waals surface area contributed by atoms with Gasteiger partial charge < -0.3 is 14.6 Å². The summed E-state index contributed by atoms with van der Waals surface area (Å²) in [6.45, 7) is 10.7. The number of rotatable bonds is 8. The molecule has 5 aromatic rings. The second kappa shape index (κ2) is 12.4. The van der Waals surface area contributed by atoms with E-state index in [9.17, 15) is 18.0 Å². The third-order valence-electron chi connectivity index (χ3n) is 7.86. The summed E-state index contributed by atoms with van der Waals surface area (Å²) in [6, 6.07) is 28.0. The first-order valence-corrected chi connectivity index (χ1v) is 16.7. The molecule has 1 amide bonds. The van der Waals surface area contributed by atoms with Gasteiger partial charge in [-0.2, -0.15) is 0 Å². The molecule has 7 nitrogen and oxygen atoms in total. The number of fused-ring (bicyclic) bond motifs is 1. The van der Waals surface area contributed by atoms with Crippen molar-refractivity contribution in [3.8, 4) is 11.1 Å². The molecule has 0 radical (unpaired) electrons. The number of hydrogen-bond acceptors (Lipinski definition) is 5. The minimum atomic E-state index is -3.27. The van der Waals surface area contributed by atoms with Crippen molar-refractivity contribution in [2.75, 3.05) is 6.26 Å². The van der Waals surface area contributed by atoms with Gasteiger partial charge in [-0.05, 0) is 98.8 Å². The maximum atomic E-state index is 13.0. The number of nitrogens with one attached hydrogen (secondary N) is 1. The molecule has 0 fully saturated rings. The smallest absolute Gasteiger partial charge is 0.339 e. The van der Waals surface area contributed by atoms with Crippen molar-refractivity contribution < 1.29 is 22.7 Å². The number of amides is 1. The van der Waals surface area contributed by atoms with Gasteiger partial charge in [0.2, 0.25) is 0 Å². The van der Waals surface area contributed by atoms with Crippen molar-refractivity contribution in [3.05, 3.63) is 125 Å². The Morgan fingerprint density at radius 3 is 2.13 bits per heavy atom. The Morgan fingerprint density at radius 1 is 0.844 bits per heavy atom. The molecule has 232 valence electrons. The molecule has 0 saturated heterocycles. The predicted molar refractivity (Wildman–Crippen MR) is 178 cm³/mol. The number of ether oxygens (including phenoxy) is 1. The molecule has 0 aliphatic rings. The Kier molecular flexibility index (Phi) is 8.72. The molecule has 5 rings (SSSR count). The lowest BCUT2D eigenvalue weighted by Crippen LogP contribution is -2.24. The molecule has 1 N–H and O–H groups in total. The molecule has 0 bridgehead atoms. The summed E-state index contributed by atoms with van der Waals surface area (Å²) in [6.07, 6.45) is 1.17. The van der Waals surface area contributed by atoms with Crippen LogP contribution >= 0.6 is 0 Å². The highest BCUT2D eigenvalue weighted by Crippen LogP contribution is 2.29. The molecule has 0 unspecified atom stereocenters. The van der Waals surface area contributed by atoms with Gasteiger partial charge in [0, 0.05) is 41.5 Å². The number of nitrogens with zero attached hydrogens (tertiary/aromatic N) is 1. The van der Waals surface area contributed by atoms with Gasteiger partial charge in [-0.3, -0.25) is 4.79 Å². The molecule has 0 aliphatic heterocycles. The largest absolute Gasteiger partial charge is 0.456 e. The summed E-state index contributed by atoms with van der Waals surface area (Å²) in [5.41, 5.74) is 7.47. The van der Waals surface area contributed by atoms with Gasteiger partial charge in [-0.15, -0.1) is 0 Å². The molecule has 45 heavy (non-hydrogen) atoms. The third-order valence-corrected chi connectivity index (χ3v) is 8.99. The lowest BCUT2D eigenvalue weighted by molar-refractivity contribution is 0.00703. The first-order chi connectivity index (χ1) is 21.2. The van der Waals surface area contributed by atoms with Crippen LogP contribution in [0.25, 0.3) is 22.0 Å². The van der Waals surface area contributed by atoms with Crippen LogP contribution in [-0.2, 0) is 27.7 Å². The molecule has 8 heteroatoms. The molecule has 4 aromatic carbocycles. The lowest BCUT2D eigenvalue weighted by atomic mass is 9.98. The van der Waals surface area contributed by atoms with Crippen LogP contribution in [0.1, 0.15) is 63.9 Å². The average molecular weight is 623 g/mol. The van der Waals surface area contributed by atoms with Crippen LogP contribution in [0.15, 0.2) is 95.9 Å². The van der Waals surface area contributed by atoms with E-state index in [1.807, 2.05) is 69.3 Å². The quantitative estimate of drug-likeness (QED) is 0.184. The van der Waals surface area contributed by atoms with Crippen molar-refractivity contribution in [1.82, 2.24) is 9.88 Å². The molecule has 0 saturated carbocycles. The fraction of sp³-hybridized carbons (Fsp3) is 0.243. The molecule has 0 spiro atoms. The van der Waals surface area contributed by atoms with Crippen LogP contribution in [0.3, 0.4) is 0 Å². The summed E-state index contributed by atoms with van der Waals surface area (Å²) in [4.78, 5) is 26.1. The van der Waals surface area contributed by atoms with Gasteiger partial charge >= 0.3 is 5.97 Å². The van der Waals surface area contributed by atoms with Crippen molar-refractivity contribution in [3.63, 3.8) is 0 Å². The normalized spacial score (nSPS) is 11.9. The van der Waals surface area contributed by atoms with Crippen molar-refractivity contribution in [1.29, 1.82) is 0 Å². The highest BCUT2D eigenvalue weighted by molar-refractivity contribution is 7.90. The Labute approximate surface area is 264 Å². The Bertz CT molecular complexity index is 2000. The minimum Gasteiger partial charge on any atom is -0.456 e. The number of hydrogen-bond donors (Lipinski definition) is 1. The minimum absolute atomic E-state index is 0.198. The first-order valence-electron chi connectivity index (χ1n) is 14.8. The van der Waals surface area contributed by atoms with Crippen LogP contribution < -0.4 is 5.32 Å². The zero-order chi connectivity index (χ0) is 32.5. The zero-order valence-electron chi connectivity index (χ0n) is 26.5. The zero-order valence-corrected chi connectivity index (χ0v) is 27.3. The molecule has 1 aromatic heterocycles. The van der Waals surface area contributed by atoms with E-state index < -0.39 is 15.4 Å². The van der Waals surface area contributed by atoms with E-state index in [2.05, 4.69) is 35.9 Å². The van der Waals surface area contributed by atoms with Crippen LogP contribution in [0.4, 0.5) is 0 Å². The predicted octanol–water partition coefficient (Wildman–Crippen LogP) is 7.26. The molecule has 1 heterocycles. The van der Waals surface area contributed by atoms with Crippen LogP contribution in [-0.4, -0.2) is 36.7 Å². The van der Waals surface area contributed by atoms with Gasteiger partial charge in [0.15, 0.2) is 9.84 Å². The topological polar surface area (TPSA) is 94.5 Å². The van der Waals surface area contributed by atoms with Crippen LogP contribution in [0, 0.1) is 13.8 Å². The molecule has 0 atom stereocenters. The number of aryl methyl sites for hydroxylation is 1. The molecular formula is C37H38N2O5S. The summed E-state index contributed by atoms with van der Waals surface area (Å²) >= 11 is 0. The van der Waals surface area contributed by atoms with Crippen molar-refractivity contribution in [2.45, 2.75) is 58.2 Å². The van der Waals surface area contributed by atoms with Gasteiger partial charge in [0.1, 0.15) is 5.60 Å². The van der Waals surface area contributed by atoms with Gasteiger partial charge in [0.25, 0.3) is 5.91 Å².